The van der Waals surface area contributed by atoms with Gasteiger partial charge in [0, 0.05) is 32.1 Å². The molecule has 144 valence electrons. The van der Waals surface area contributed by atoms with Crippen LogP contribution in [0.5, 0.6) is 0 Å². The second-order valence-corrected chi connectivity index (χ2v) is 7.19. The van der Waals surface area contributed by atoms with Gasteiger partial charge in [-0.1, -0.05) is 18.2 Å². The molecule has 1 atom stereocenters. The number of aromatic nitrogens is 2. The topological polar surface area (TPSA) is 67.7 Å². The van der Waals surface area contributed by atoms with Crippen LogP contribution < -0.4 is 0 Å². The minimum absolute atomic E-state index is 0.135. The molecule has 0 radical (unpaired) electrons. The van der Waals surface area contributed by atoms with Gasteiger partial charge in [-0.2, -0.15) is 5.10 Å². The third kappa shape index (κ3) is 3.18. The molecule has 8 heteroatoms. The highest BCUT2D eigenvalue weighted by molar-refractivity contribution is 6.05. The van der Waals surface area contributed by atoms with Crippen molar-refractivity contribution >= 4 is 22.7 Å². The Morgan fingerprint density at radius 2 is 1.89 bits per heavy atom. The summed E-state index contributed by atoms with van der Waals surface area (Å²) >= 11 is 0. The lowest BCUT2D eigenvalue weighted by molar-refractivity contribution is -0.151. The number of alkyl halides is 1. The summed E-state index contributed by atoms with van der Waals surface area (Å²) in [5.74, 6) is -0.863. The minimum atomic E-state index is -2.05. The Morgan fingerprint density at radius 1 is 1.15 bits per heavy atom. The first-order chi connectivity index (χ1) is 13.0. The number of hydrogen-bond acceptors (Lipinski definition) is 4. The summed E-state index contributed by atoms with van der Waals surface area (Å²) < 4.78 is 22.4. The van der Waals surface area contributed by atoms with Crippen LogP contribution in [0.25, 0.3) is 10.9 Å². The summed E-state index contributed by atoms with van der Waals surface area (Å²) in [4.78, 5) is 28.7. The second kappa shape index (κ2) is 6.92. The van der Waals surface area contributed by atoms with Crippen molar-refractivity contribution in [3.63, 3.8) is 0 Å². The number of carbonyl (C=O) groups is 2. The Morgan fingerprint density at radius 3 is 2.67 bits per heavy atom. The number of para-hydroxylation sites is 1. The number of nitrogens with zero attached hydrogens (tertiary/aromatic N) is 4. The largest absolute Gasteiger partial charge is 0.378 e. The molecule has 0 bridgehead atoms. The predicted molar refractivity (Wildman–Crippen MR) is 97.1 cm³/mol. The standard InChI is InChI=1S/C19H23FN4O3/c1-22-15-6-3-2-5-14(15)16(21-22)17(25)24-8-4-7-19(20,13-24)18(26)23-9-11-27-12-10-23/h2-3,5-6H,4,7-13H2,1H3. The molecule has 2 saturated heterocycles. The van der Waals surface area contributed by atoms with Crippen LogP contribution in [0.4, 0.5) is 4.39 Å². The summed E-state index contributed by atoms with van der Waals surface area (Å²) in [7, 11) is 1.77. The average Bonchev–Trinajstić information content (AvgIpc) is 3.04. The third-order valence-electron chi connectivity index (χ3n) is 5.37. The van der Waals surface area contributed by atoms with E-state index in [1.807, 2.05) is 24.3 Å². The maximum absolute atomic E-state index is 15.5. The van der Waals surface area contributed by atoms with Crippen molar-refractivity contribution in [3.8, 4) is 0 Å². The van der Waals surface area contributed by atoms with Gasteiger partial charge in [0.2, 0.25) is 5.67 Å². The molecular formula is C19H23FN4O3. The van der Waals surface area contributed by atoms with Crippen LogP contribution in [0.1, 0.15) is 23.3 Å². The van der Waals surface area contributed by atoms with Crippen molar-refractivity contribution in [2.24, 2.45) is 7.05 Å². The first kappa shape index (κ1) is 17.9. The molecule has 1 unspecified atom stereocenters. The van der Waals surface area contributed by atoms with Crippen LogP contribution in [0.3, 0.4) is 0 Å². The van der Waals surface area contributed by atoms with E-state index in [1.165, 1.54) is 9.80 Å². The zero-order valence-corrected chi connectivity index (χ0v) is 15.4. The quantitative estimate of drug-likeness (QED) is 0.796. The predicted octanol–water partition coefficient (Wildman–Crippen LogP) is 1.38. The second-order valence-electron chi connectivity index (χ2n) is 7.19. The van der Waals surface area contributed by atoms with E-state index in [9.17, 15) is 9.59 Å². The number of piperidine rings is 1. The zero-order chi connectivity index (χ0) is 19.0. The molecule has 7 nitrogen and oxygen atoms in total. The molecule has 2 aliphatic rings. The van der Waals surface area contributed by atoms with Crippen molar-refractivity contribution in [1.29, 1.82) is 0 Å². The van der Waals surface area contributed by atoms with Gasteiger partial charge in [0.25, 0.3) is 11.8 Å². The zero-order valence-electron chi connectivity index (χ0n) is 15.4. The number of carbonyl (C=O) groups excluding carboxylic acids is 2. The van der Waals surface area contributed by atoms with Crippen molar-refractivity contribution in [2.45, 2.75) is 18.5 Å². The smallest absolute Gasteiger partial charge is 0.275 e. The Labute approximate surface area is 156 Å². The van der Waals surface area contributed by atoms with Gasteiger partial charge in [0.15, 0.2) is 5.69 Å². The lowest BCUT2D eigenvalue weighted by Gasteiger charge is -2.39. The fourth-order valence-corrected chi connectivity index (χ4v) is 3.93. The van der Waals surface area contributed by atoms with Crippen molar-refractivity contribution < 1.29 is 18.7 Å². The third-order valence-corrected chi connectivity index (χ3v) is 5.37. The highest BCUT2D eigenvalue weighted by Crippen LogP contribution is 2.30. The lowest BCUT2D eigenvalue weighted by atomic mass is 9.92. The molecule has 1 aromatic carbocycles. The van der Waals surface area contributed by atoms with Gasteiger partial charge in [0.05, 0.1) is 25.3 Å². The van der Waals surface area contributed by atoms with Gasteiger partial charge >= 0.3 is 0 Å². The molecule has 2 aliphatic heterocycles. The van der Waals surface area contributed by atoms with Crippen LogP contribution in [-0.4, -0.2) is 76.5 Å². The highest BCUT2D eigenvalue weighted by atomic mass is 19.1. The SMILES string of the molecule is Cn1nc(C(=O)N2CCCC(F)(C(=O)N3CCOCC3)C2)c2ccccc21. The van der Waals surface area contributed by atoms with E-state index in [2.05, 4.69) is 5.10 Å². The summed E-state index contributed by atoms with van der Waals surface area (Å²) in [5.41, 5.74) is -0.902. The van der Waals surface area contributed by atoms with E-state index in [0.717, 1.165) is 10.9 Å². The van der Waals surface area contributed by atoms with Crippen LogP contribution in [0.15, 0.2) is 24.3 Å². The van der Waals surface area contributed by atoms with Gasteiger partial charge in [-0.05, 0) is 18.9 Å². The van der Waals surface area contributed by atoms with Gasteiger partial charge in [-0.3, -0.25) is 14.3 Å². The molecule has 2 aromatic rings. The number of fused-ring (bicyclic) bond motifs is 1. The fourth-order valence-electron chi connectivity index (χ4n) is 3.93. The number of amides is 2. The van der Waals surface area contributed by atoms with Crippen LogP contribution >= 0.6 is 0 Å². The van der Waals surface area contributed by atoms with E-state index in [4.69, 9.17) is 4.74 Å². The van der Waals surface area contributed by atoms with Gasteiger partial charge in [-0.15, -0.1) is 0 Å². The minimum Gasteiger partial charge on any atom is -0.378 e. The van der Waals surface area contributed by atoms with Crippen molar-refractivity contribution in [3.05, 3.63) is 30.0 Å². The average molecular weight is 374 g/mol. The van der Waals surface area contributed by atoms with E-state index in [-0.39, 0.29) is 18.9 Å². The van der Waals surface area contributed by atoms with Crippen molar-refractivity contribution in [2.75, 3.05) is 39.4 Å². The summed E-state index contributed by atoms with van der Waals surface area (Å²) in [5, 5.41) is 5.07. The number of likely N-dealkylation sites (tertiary alicyclic amines) is 1. The Balaban J connectivity index is 1.57. The summed E-state index contributed by atoms with van der Waals surface area (Å²) in [6, 6.07) is 7.45. The molecule has 0 aliphatic carbocycles. The molecule has 1 aromatic heterocycles. The van der Waals surface area contributed by atoms with Gasteiger partial charge in [0.1, 0.15) is 0 Å². The van der Waals surface area contributed by atoms with E-state index < -0.39 is 11.6 Å². The summed E-state index contributed by atoms with van der Waals surface area (Å²) in [6.45, 7) is 1.82. The Hall–Kier alpha value is -2.48. The number of hydrogen-bond donors (Lipinski definition) is 0. The Bertz CT molecular complexity index is 877. The first-order valence-electron chi connectivity index (χ1n) is 9.27. The highest BCUT2D eigenvalue weighted by Gasteiger charge is 2.46. The number of aryl methyl sites for hydroxylation is 1. The first-order valence-corrected chi connectivity index (χ1v) is 9.27. The maximum atomic E-state index is 15.5. The molecule has 0 N–H and O–H groups in total. The number of benzene rings is 1. The molecule has 2 fully saturated rings. The van der Waals surface area contributed by atoms with Gasteiger partial charge < -0.3 is 14.5 Å². The van der Waals surface area contributed by atoms with Gasteiger partial charge in [-0.25, -0.2) is 4.39 Å². The molecule has 3 heterocycles. The molecule has 27 heavy (non-hydrogen) atoms. The normalized spacial score (nSPS) is 23.6. The fraction of sp³-hybridized carbons (Fsp3) is 0.526. The molecular weight excluding hydrogens is 351 g/mol. The van der Waals surface area contributed by atoms with Crippen LogP contribution in [0.2, 0.25) is 0 Å². The molecule has 4 rings (SSSR count). The van der Waals surface area contributed by atoms with E-state index in [1.54, 1.807) is 11.7 Å². The van der Waals surface area contributed by atoms with Crippen LogP contribution in [-0.2, 0) is 16.6 Å². The maximum Gasteiger partial charge on any atom is 0.275 e. The molecule has 0 spiro atoms. The number of morpholine rings is 1. The molecule has 2 amide bonds. The van der Waals surface area contributed by atoms with E-state index >= 15 is 4.39 Å². The Kier molecular flexibility index (Phi) is 4.59. The van der Waals surface area contributed by atoms with E-state index in [0.29, 0.717) is 45.0 Å². The number of ether oxygens (including phenoxy) is 1. The summed E-state index contributed by atoms with van der Waals surface area (Å²) in [6.07, 6.45) is 0.582. The molecule has 0 saturated carbocycles. The van der Waals surface area contributed by atoms with Crippen LogP contribution in [0, 0.1) is 0 Å². The lowest BCUT2D eigenvalue weighted by Crippen LogP contribution is -2.58. The monoisotopic (exact) mass is 374 g/mol. The number of rotatable bonds is 2. The van der Waals surface area contributed by atoms with Crippen molar-refractivity contribution in [1.82, 2.24) is 19.6 Å². The number of halogens is 1.